The van der Waals surface area contributed by atoms with Crippen molar-refractivity contribution in [1.82, 2.24) is 5.32 Å². The Kier molecular flexibility index (Phi) is 3.43. The smallest absolute Gasteiger partial charge is 0.150 e. The summed E-state index contributed by atoms with van der Waals surface area (Å²) in [6.45, 7) is 1.77. The predicted octanol–water partition coefficient (Wildman–Crippen LogP) is 2.12. The van der Waals surface area contributed by atoms with E-state index in [9.17, 15) is 4.79 Å². The number of benzene rings is 1. The third-order valence-corrected chi connectivity index (χ3v) is 3.94. The molecule has 96 valence electrons. The first-order valence-corrected chi connectivity index (χ1v) is 6.76. The molecule has 0 aromatic heterocycles. The van der Waals surface area contributed by atoms with Crippen LogP contribution in [0.1, 0.15) is 41.1 Å². The highest BCUT2D eigenvalue weighted by Crippen LogP contribution is 2.41. The summed E-state index contributed by atoms with van der Waals surface area (Å²) in [6, 6.07) is 9.19. The van der Waals surface area contributed by atoms with E-state index in [0.717, 1.165) is 37.9 Å². The molecule has 1 aliphatic heterocycles. The summed E-state index contributed by atoms with van der Waals surface area (Å²) in [4.78, 5) is 10.8. The molecule has 2 atom stereocenters. The molecule has 2 unspecified atom stereocenters. The van der Waals surface area contributed by atoms with Crippen molar-refractivity contribution in [1.29, 1.82) is 0 Å². The van der Waals surface area contributed by atoms with Crippen LogP contribution in [0.4, 0.5) is 0 Å². The van der Waals surface area contributed by atoms with Crippen LogP contribution in [-0.4, -0.2) is 31.6 Å². The molecule has 18 heavy (non-hydrogen) atoms. The zero-order valence-corrected chi connectivity index (χ0v) is 10.5. The van der Waals surface area contributed by atoms with Crippen molar-refractivity contribution >= 4 is 6.29 Å². The van der Waals surface area contributed by atoms with Gasteiger partial charge < -0.3 is 10.1 Å². The molecule has 3 nitrogen and oxygen atoms in total. The summed E-state index contributed by atoms with van der Waals surface area (Å²) < 4.78 is 5.36. The van der Waals surface area contributed by atoms with E-state index in [1.807, 2.05) is 18.2 Å². The average molecular weight is 245 g/mol. The van der Waals surface area contributed by atoms with Crippen molar-refractivity contribution in [2.24, 2.45) is 0 Å². The van der Waals surface area contributed by atoms with Gasteiger partial charge in [-0.25, -0.2) is 0 Å². The van der Waals surface area contributed by atoms with Crippen LogP contribution < -0.4 is 5.32 Å². The highest BCUT2D eigenvalue weighted by atomic mass is 16.5. The number of ether oxygens (including phenoxy) is 1. The van der Waals surface area contributed by atoms with E-state index >= 15 is 0 Å². The van der Waals surface area contributed by atoms with Crippen LogP contribution in [0.2, 0.25) is 0 Å². The zero-order valence-electron chi connectivity index (χ0n) is 10.5. The molecule has 1 N–H and O–H groups in total. The molecule has 1 aromatic carbocycles. The van der Waals surface area contributed by atoms with Gasteiger partial charge in [0.2, 0.25) is 0 Å². The standard InChI is InChI=1S/C15H19NO2/c17-10-11-2-1-3-12(8-11)14-9-15(14)16-13-4-6-18-7-5-13/h1-3,8,10,13-16H,4-7,9H2. The van der Waals surface area contributed by atoms with Crippen LogP contribution in [0.5, 0.6) is 0 Å². The first-order chi connectivity index (χ1) is 8.86. The van der Waals surface area contributed by atoms with Gasteiger partial charge in [-0.3, -0.25) is 4.79 Å². The lowest BCUT2D eigenvalue weighted by molar-refractivity contribution is 0.0774. The largest absolute Gasteiger partial charge is 0.381 e. The van der Waals surface area contributed by atoms with Crippen LogP contribution in [0.25, 0.3) is 0 Å². The molecule has 0 bridgehead atoms. The normalized spacial score (nSPS) is 28.0. The van der Waals surface area contributed by atoms with Gasteiger partial charge in [-0.05, 0) is 30.9 Å². The molecule has 0 amide bonds. The van der Waals surface area contributed by atoms with Crippen LogP contribution in [0, 0.1) is 0 Å². The first kappa shape index (κ1) is 11.9. The SMILES string of the molecule is O=Cc1cccc(C2CC2NC2CCOCC2)c1. The minimum atomic E-state index is 0.591. The summed E-state index contributed by atoms with van der Waals surface area (Å²) in [5.74, 6) is 0.591. The summed E-state index contributed by atoms with van der Waals surface area (Å²) in [5, 5.41) is 3.71. The molecule has 2 aliphatic rings. The molecule has 1 saturated carbocycles. The van der Waals surface area contributed by atoms with Crippen LogP contribution in [0.3, 0.4) is 0 Å². The number of nitrogens with one attached hydrogen (secondary N) is 1. The summed E-state index contributed by atoms with van der Waals surface area (Å²) in [6.07, 6.45) is 4.36. The van der Waals surface area contributed by atoms with Gasteiger partial charge in [0, 0.05) is 36.8 Å². The van der Waals surface area contributed by atoms with Crippen molar-refractivity contribution in [3.05, 3.63) is 35.4 Å². The van der Waals surface area contributed by atoms with Crippen molar-refractivity contribution in [3.63, 3.8) is 0 Å². The Morgan fingerprint density at radius 2 is 2.11 bits per heavy atom. The third kappa shape index (κ3) is 2.62. The Morgan fingerprint density at radius 1 is 1.28 bits per heavy atom. The Bertz CT molecular complexity index is 426. The average Bonchev–Trinajstić information content (AvgIpc) is 3.19. The van der Waals surface area contributed by atoms with Crippen LogP contribution in [0.15, 0.2) is 24.3 Å². The second-order valence-electron chi connectivity index (χ2n) is 5.29. The molecular formula is C15H19NO2. The Labute approximate surface area is 108 Å². The number of aldehydes is 1. The molecule has 3 heteroatoms. The Balaban J connectivity index is 1.57. The molecule has 1 aromatic rings. The lowest BCUT2D eigenvalue weighted by Gasteiger charge is -2.23. The van der Waals surface area contributed by atoms with E-state index in [2.05, 4.69) is 11.4 Å². The molecule has 1 heterocycles. The van der Waals surface area contributed by atoms with E-state index in [1.165, 1.54) is 12.0 Å². The lowest BCUT2D eigenvalue weighted by Crippen LogP contribution is -2.36. The quantitative estimate of drug-likeness (QED) is 0.826. The first-order valence-electron chi connectivity index (χ1n) is 6.76. The topological polar surface area (TPSA) is 38.3 Å². The molecule has 0 spiro atoms. The molecule has 1 saturated heterocycles. The van der Waals surface area contributed by atoms with Gasteiger partial charge in [0.25, 0.3) is 0 Å². The van der Waals surface area contributed by atoms with Crippen molar-refractivity contribution in [2.45, 2.75) is 37.3 Å². The zero-order chi connectivity index (χ0) is 12.4. The third-order valence-electron chi connectivity index (χ3n) is 3.94. The van der Waals surface area contributed by atoms with Gasteiger partial charge in [0.1, 0.15) is 6.29 Å². The van der Waals surface area contributed by atoms with E-state index < -0.39 is 0 Å². The molecule has 1 aliphatic carbocycles. The number of carbonyl (C=O) groups is 1. The maximum absolute atomic E-state index is 10.8. The van der Waals surface area contributed by atoms with Crippen molar-refractivity contribution in [2.75, 3.05) is 13.2 Å². The van der Waals surface area contributed by atoms with Gasteiger partial charge >= 0.3 is 0 Å². The monoisotopic (exact) mass is 245 g/mol. The minimum absolute atomic E-state index is 0.591. The van der Waals surface area contributed by atoms with E-state index in [4.69, 9.17) is 4.74 Å². The molecule has 0 radical (unpaired) electrons. The van der Waals surface area contributed by atoms with E-state index in [1.54, 1.807) is 0 Å². The second kappa shape index (κ2) is 5.21. The number of rotatable bonds is 4. The summed E-state index contributed by atoms with van der Waals surface area (Å²) in [7, 11) is 0. The van der Waals surface area contributed by atoms with Crippen molar-refractivity contribution < 1.29 is 9.53 Å². The fourth-order valence-electron chi connectivity index (χ4n) is 2.78. The molecular weight excluding hydrogens is 226 g/mol. The van der Waals surface area contributed by atoms with E-state index in [-0.39, 0.29) is 0 Å². The van der Waals surface area contributed by atoms with Gasteiger partial charge in [-0.15, -0.1) is 0 Å². The predicted molar refractivity (Wildman–Crippen MR) is 70.0 cm³/mol. The van der Waals surface area contributed by atoms with Crippen LogP contribution >= 0.6 is 0 Å². The minimum Gasteiger partial charge on any atom is -0.381 e. The van der Waals surface area contributed by atoms with Gasteiger partial charge in [0.05, 0.1) is 0 Å². The fourth-order valence-corrected chi connectivity index (χ4v) is 2.78. The van der Waals surface area contributed by atoms with Crippen molar-refractivity contribution in [3.8, 4) is 0 Å². The van der Waals surface area contributed by atoms with Crippen LogP contribution in [-0.2, 0) is 4.74 Å². The number of carbonyl (C=O) groups excluding carboxylic acids is 1. The highest BCUT2D eigenvalue weighted by Gasteiger charge is 2.39. The summed E-state index contributed by atoms with van der Waals surface area (Å²) >= 11 is 0. The molecule has 3 rings (SSSR count). The number of hydrogen-bond donors (Lipinski definition) is 1. The maximum Gasteiger partial charge on any atom is 0.150 e. The maximum atomic E-state index is 10.8. The second-order valence-corrected chi connectivity index (χ2v) is 5.29. The van der Waals surface area contributed by atoms with Gasteiger partial charge in [-0.1, -0.05) is 18.2 Å². The van der Waals surface area contributed by atoms with Gasteiger partial charge in [0.15, 0.2) is 0 Å². The Hall–Kier alpha value is -1.19. The Morgan fingerprint density at radius 3 is 2.89 bits per heavy atom. The number of hydrogen-bond acceptors (Lipinski definition) is 3. The van der Waals surface area contributed by atoms with E-state index in [0.29, 0.717) is 18.0 Å². The highest BCUT2D eigenvalue weighted by molar-refractivity contribution is 5.75. The fraction of sp³-hybridized carbons (Fsp3) is 0.533. The molecule has 2 fully saturated rings. The lowest BCUT2D eigenvalue weighted by atomic mass is 10.1. The summed E-state index contributed by atoms with van der Waals surface area (Å²) in [5.41, 5.74) is 2.08. The van der Waals surface area contributed by atoms with Gasteiger partial charge in [-0.2, -0.15) is 0 Å².